The van der Waals surface area contributed by atoms with Gasteiger partial charge in [0.1, 0.15) is 0 Å². The van der Waals surface area contributed by atoms with Crippen LogP contribution in [0.1, 0.15) is 27.2 Å². The molecule has 0 bridgehead atoms. The predicted octanol–water partition coefficient (Wildman–Crippen LogP) is 2.97. The first-order chi connectivity index (χ1) is 5.03. The van der Waals surface area contributed by atoms with Gasteiger partial charge in [0.15, 0.2) is 5.17 Å². The number of halogens is 1. The van der Waals surface area contributed by atoms with Crippen LogP contribution in [0.15, 0.2) is 9.98 Å². The summed E-state index contributed by atoms with van der Waals surface area (Å²) >= 11 is 1.61. The Morgan fingerprint density at radius 1 is 1.42 bits per heavy atom. The molecule has 0 aliphatic carbocycles. The normalized spacial score (nSPS) is 20.7. The quantitative estimate of drug-likeness (QED) is 0.631. The first-order valence-electron chi connectivity index (χ1n) is 3.71. The second-order valence-electron chi connectivity index (χ2n) is 3.43. The van der Waals surface area contributed by atoms with Gasteiger partial charge in [-0.3, -0.25) is 4.99 Å². The van der Waals surface area contributed by atoms with Gasteiger partial charge in [-0.2, -0.15) is 0 Å². The zero-order valence-electron chi connectivity index (χ0n) is 7.92. The fourth-order valence-corrected chi connectivity index (χ4v) is 1.83. The van der Waals surface area contributed by atoms with Crippen LogP contribution in [0, 0.1) is 0 Å². The maximum atomic E-state index is 4.48. The Balaban J connectivity index is 0.00000121. The Hall–Kier alpha value is 0.420. The van der Waals surface area contributed by atoms with Gasteiger partial charge < -0.3 is 0 Å². The Kier molecular flexibility index (Phi) is 4.76. The summed E-state index contributed by atoms with van der Waals surface area (Å²) in [4.78, 5) is 8.80. The molecule has 0 fully saturated rings. The molecular formula is C8H15IN2S. The molecule has 70 valence electrons. The van der Waals surface area contributed by atoms with Crippen molar-refractivity contribution in [2.75, 3.05) is 6.26 Å². The lowest BCUT2D eigenvalue weighted by molar-refractivity contribution is 0.540. The highest BCUT2D eigenvalue weighted by Gasteiger charge is 2.22. The zero-order valence-corrected chi connectivity index (χ0v) is 11.1. The Morgan fingerprint density at radius 2 is 2.00 bits per heavy atom. The molecule has 1 rings (SSSR count). The van der Waals surface area contributed by atoms with Crippen molar-refractivity contribution in [3.63, 3.8) is 0 Å². The van der Waals surface area contributed by atoms with Crippen molar-refractivity contribution in [3.8, 4) is 0 Å². The van der Waals surface area contributed by atoms with E-state index < -0.39 is 0 Å². The van der Waals surface area contributed by atoms with Crippen molar-refractivity contribution < 1.29 is 0 Å². The largest absolute Gasteiger partial charge is 0.254 e. The number of hydrogen-bond acceptors (Lipinski definition) is 3. The third-order valence-electron chi connectivity index (χ3n) is 1.56. The zero-order chi connectivity index (χ0) is 8.48. The minimum Gasteiger partial charge on any atom is -0.254 e. The lowest BCUT2D eigenvalue weighted by Gasteiger charge is -2.23. The van der Waals surface area contributed by atoms with E-state index in [0.717, 1.165) is 11.6 Å². The standard InChI is InChI=1S/C8H14N2S.HI/c1-6-5-8(2,3)10-7(9-6)11-4;/h5H2,1-4H3;1H. The van der Waals surface area contributed by atoms with E-state index in [1.54, 1.807) is 11.8 Å². The second-order valence-corrected chi connectivity index (χ2v) is 4.21. The Bertz CT molecular complexity index is 221. The molecule has 0 aromatic heterocycles. The van der Waals surface area contributed by atoms with Gasteiger partial charge in [0.2, 0.25) is 0 Å². The smallest absolute Gasteiger partial charge is 0.183 e. The molecule has 0 saturated carbocycles. The highest BCUT2D eigenvalue weighted by atomic mass is 127. The van der Waals surface area contributed by atoms with Crippen LogP contribution in [-0.4, -0.2) is 22.7 Å². The maximum absolute atomic E-state index is 4.48. The van der Waals surface area contributed by atoms with E-state index in [-0.39, 0.29) is 29.5 Å². The highest BCUT2D eigenvalue weighted by molar-refractivity contribution is 14.0. The van der Waals surface area contributed by atoms with Crippen LogP contribution in [0.25, 0.3) is 0 Å². The van der Waals surface area contributed by atoms with Crippen molar-refractivity contribution in [3.05, 3.63) is 0 Å². The molecule has 4 heteroatoms. The van der Waals surface area contributed by atoms with E-state index in [4.69, 9.17) is 0 Å². The van der Waals surface area contributed by atoms with E-state index in [0.29, 0.717) is 0 Å². The molecule has 1 aliphatic heterocycles. The summed E-state index contributed by atoms with van der Waals surface area (Å²) < 4.78 is 0. The van der Waals surface area contributed by atoms with Crippen LogP contribution in [0.4, 0.5) is 0 Å². The average molecular weight is 298 g/mol. The Labute approximate surface area is 95.3 Å². The van der Waals surface area contributed by atoms with E-state index >= 15 is 0 Å². The van der Waals surface area contributed by atoms with Gasteiger partial charge in [0.05, 0.1) is 5.54 Å². The second kappa shape index (κ2) is 4.60. The van der Waals surface area contributed by atoms with Crippen LogP contribution in [0.5, 0.6) is 0 Å². The monoisotopic (exact) mass is 298 g/mol. The number of rotatable bonds is 0. The number of thioether (sulfide) groups is 1. The summed E-state index contributed by atoms with van der Waals surface area (Å²) in [6.07, 6.45) is 2.99. The minimum absolute atomic E-state index is 0. The maximum Gasteiger partial charge on any atom is 0.183 e. The summed E-state index contributed by atoms with van der Waals surface area (Å²) in [5.74, 6) is 0. The predicted molar refractivity (Wildman–Crippen MR) is 68.2 cm³/mol. The fourth-order valence-electron chi connectivity index (χ4n) is 1.24. The van der Waals surface area contributed by atoms with Crippen molar-refractivity contribution in [2.24, 2.45) is 9.98 Å². The van der Waals surface area contributed by atoms with Gasteiger partial charge in [-0.25, -0.2) is 4.99 Å². The number of nitrogens with zero attached hydrogens (tertiary/aromatic N) is 2. The molecule has 1 aliphatic rings. The van der Waals surface area contributed by atoms with Crippen molar-refractivity contribution in [1.82, 2.24) is 0 Å². The molecule has 0 unspecified atom stereocenters. The summed E-state index contributed by atoms with van der Waals surface area (Å²) in [5, 5.41) is 0.916. The van der Waals surface area contributed by atoms with Gasteiger partial charge in [-0.1, -0.05) is 11.8 Å². The number of amidine groups is 1. The summed E-state index contributed by atoms with van der Waals surface area (Å²) in [5.41, 5.74) is 1.25. The number of hydrogen-bond donors (Lipinski definition) is 0. The SMILES string of the molecule is CSC1=NC(C)(C)CC(C)=N1.I. The molecule has 2 nitrogen and oxygen atoms in total. The van der Waals surface area contributed by atoms with Crippen molar-refractivity contribution >= 4 is 46.6 Å². The number of aliphatic imine (C=N–C) groups is 2. The third kappa shape index (κ3) is 3.43. The van der Waals surface area contributed by atoms with Crippen molar-refractivity contribution in [2.45, 2.75) is 32.7 Å². The van der Waals surface area contributed by atoms with Gasteiger partial charge >= 0.3 is 0 Å². The lowest BCUT2D eigenvalue weighted by Crippen LogP contribution is -2.25. The van der Waals surface area contributed by atoms with Crippen molar-refractivity contribution in [1.29, 1.82) is 0 Å². The van der Waals surface area contributed by atoms with Gasteiger partial charge in [-0.05, 0) is 27.0 Å². The van der Waals surface area contributed by atoms with Gasteiger partial charge in [-0.15, -0.1) is 24.0 Å². The molecule has 0 radical (unpaired) electrons. The summed E-state index contributed by atoms with van der Waals surface area (Å²) in [7, 11) is 0. The molecular weight excluding hydrogens is 283 g/mol. The molecule has 0 saturated heterocycles. The fraction of sp³-hybridized carbons (Fsp3) is 0.750. The van der Waals surface area contributed by atoms with Crippen LogP contribution in [0.3, 0.4) is 0 Å². The molecule has 0 spiro atoms. The topological polar surface area (TPSA) is 24.7 Å². The van der Waals surface area contributed by atoms with Crippen LogP contribution in [-0.2, 0) is 0 Å². The Morgan fingerprint density at radius 3 is 2.42 bits per heavy atom. The van der Waals surface area contributed by atoms with Crippen LogP contribution in [0.2, 0.25) is 0 Å². The molecule has 1 heterocycles. The van der Waals surface area contributed by atoms with Crippen LogP contribution >= 0.6 is 35.7 Å². The van der Waals surface area contributed by atoms with Crippen LogP contribution < -0.4 is 0 Å². The van der Waals surface area contributed by atoms with E-state index in [1.807, 2.05) is 6.26 Å². The molecule has 0 N–H and O–H groups in total. The molecule has 0 amide bonds. The van der Waals surface area contributed by atoms with E-state index in [2.05, 4.69) is 30.8 Å². The summed E-state index contributed by atoms with van der Waals surface area (Å²) in [6, 6.07) is 0. The first-order valence-corrected chi connectivity index (χ1v) is 4.94. The van der Waals surface area contributed by atoms with Gasteiger partial charge in [0.25, 0.3) is 0 Å². The highest BCUT2D eigenvalue weighted by Crippen LogP contribution is 2.22. The van der Waals surface area contributed by atoms with Gasteiger partial charge in [0, 0.05) is 12.1 Å². The first kappa shape index (κ1) is 12.4. The van der Waals surface area contributed by atoms with E-state index in [1.165, 1.54) is 5.71 Å². The third-order valence-corrected chi connectivity index (χ3v) is 2.10. The molecule has 0 aromatic rings. The summed E-state index contributed by atoms with van der Waals surface area (Å²) in [6.45, 7) is 6.34. The van der Waals surface area contributed by atoms with E-state index in [9.17, 15) is 0 Å². The molecule has 0 aromatic carbocycles. The lowest BCUT2D eigenvalue weighted by atomic mass is 9.98. The molecule has 0 atom stereocenters. The average Bonchev–Trinajstić information content (AvgIpc) is 1.83. The molecule has 12 heavy (non-hydrogen) atoms. The minimum atomic E-state index is 0.